The fraction of sp³-hybridized carbons (Fsp3) is 0.849. The molecule has 0 aromatic carbocycles. The summed E-state index contributed by atoms with van der Waals surface area (Å²) in [5, 5.41) is 23.2. The molecule has 0 bridgehead atoms. The first kappa shape index (κ1) is 75.1. The van der Waals surface area contributed by atoms with Crippen LogP contribution in [-0.4, -0.2) is 34.9 Å². The summed E-state index contributed by atoms with van der Waals surface area (Å²) in [6.45, 7) is 4.32. The van der Waals surface area contributed by atoms with Gasteiger partial charge in [-0.1, -0.05) is 357 Å². The van der Waals surface area contributed by atoms with Gasteiger partial charge in [-0.2, -0.15) is 0 Å². The number of hydrogen-bond acceptors (Lipinski definition) is 3. The molecule has 0 rings (SSSR count). The molecule has 4 nitrogen and oxygen atoms in total. The lowest BCUT2D eigenvalue weighted by Gasteiger charge is -2.19. The van der Waals surface area contributed by atoms with Crippen molar-refractivity contribution in [3.8, 4) is 0 Å². The molecular formula is C73H137NO3. The molecule has 2 atom stereocenters. The maximum Gasteiger partial charge on any atom is 0.220 e. The van der Waals surface area contributed by atoms with Crippen LogP contribution in [-0.2, 0) is 4.79 Å². The minimum Gasteiger partial charge on any atom is -0.394 e. The third-order valence-electron chi connectivity index (χ3n) is 16.2. The molecule has 0 saturated heterocycles. The zero-order valence-corrected chi connectivity index (χ0v) is 52.2. The van der Waals surface area contributed by atoms with Crippen molar-refractivity contribution >= 4 is 5.91 Å². The summed E-state index contributed by atoms with van der Waals surface area (Å²) in [5.41, 5.74) is 0. The van der Waals surface area contributed by atoms with E-state index < -0.39 is 12.1 Å². The Morgan fingerprint density at radius 3 is 0.831 bits per heavy atom. The molecule has 0 aromatic rings. The third kappa shape index (κ3) is 64.8. The highest BCUT2D eigenvalue weighted by molar-refractivity contribution is 5.76. The SMILES string of the molecule is CCCCCCC/C=C\C/C=C\CCCCCCCCCCCCCCCCCCCCCCCCCCCCCC(=O)NC(CO)C(O)/C=C/CC/C=C/CC/C=C/CCCCCCCCCCCCCCCCCC. The van der Waals surface area contributed by atoms with E-state index in [-0.39, 0.29) is 12.5 Å². The largest absolute Gasteiger partial charge is 0.394 e. The maximum absolute atomic E-state index is 12.5. The molecule has 0 radical (unpaired) electrons. The van der Waals surface area contributed by atoms with E-state index >= 15 is 0 Å². The van der Waals surface area contributed by atoms with Gasteiger partial charge in [0.15, 0.2) is 0 Å². The quantitative estimate of drug-likeness (QED) is 0.0420. The molecule has 0 spiro atoms. The average Bonchev–Trinajstić information content (AvgIpc) is 3.43. The number of hydrogen-bond donors (Lipinski definition) is 3. The van der Waals surface area contributed by atoms with Crippen LogP contribution in [0.2, 0.25) is 0 Å². The van der Waals surface area contributed by atoms with Gasteiger partial charge in [0.1, 0.15) is 0 Å². The van der Waals surface area contributed by atoms with Crippen molar-refractivity contribution in [1.82, 2.24) is 5.32 Å². The van der Waals surface area contributed by atoms with E-state index in [1.165, 1.54) is 315 Å². The van der Waals surface area contributed by atoms with Crippen molar-refractivity contribution in [1.29, 1.82) is 0 Å². The van der Waals surface area contributed by atoms with E-state index in [9.17, 15) is 15.0 Å². The predicted molar refractivity (Wildman–Crippen MR) is 345 cm³/mol. The van der Waals surface area contributed by atoms with E-state index in [2.05, 4.69) is 67.8 Å². The first-order chi connectivity index (χ1) is 38.2. The van der Waals surface area contributed by atoms with Crippen LogP contribution in [0.3, 0.4) is 0 Å². The van der Waals surface area contributed by atoms with Crippen LogP contribution in [0.15, 0.2) is 60.8 Å². The van der Waals surface area contributed by atoms with Gasteiger partial charge in [0.25, 0.3) is 0 Å². The van der Waals surface area contributed by atoms with Crippen LogP contribution >= 0.6 is 0 Å². The van der Waals surface area contributed by atoms with E-state index in [4.69, 9.17) is 0 Å². The van der Waals surface area contributed by atoms with Gasteiger partial charge in [-0.3, -0.25) is 4.79 Å². The van der Waals surface area contributed by atoms with Crippen molar-refractivity contribution in [2.45, 2.75) is 392 Å². The minimum atomic E-state index is -0.872. The van der Waals surface area contributed by atoms with E-state index in [1.54, 1.807) is 6.08 Å². The zero-order chi connectivity index (χ0) is 55.5. The van der Waals surface area contributed by atoms with Gasteiger partial charge in [0, 0.05) is 6.42 Å². The highest BCUT2D eigenvalue weighted by Crippen LogP contribution is 2.18. The number of amides is 1. The minimum absolute atomic E-state index is 0.0712. The summed E-state index contributed by atoms with van der Waals surface area (Å²) < 4.78 is 0. The molecule has 452 valence electrons. The van der Waals surface area contributed by atoms with Gasteiger partial charge >= 0.3 is 0 Å². The molecule has 0 aliphatic carbocycles. The second-order valence-electron chi connectivity index (χ2n) is 23.9. The molecule has 77 heavy (non-hydrogen) atoms. The normalized spacial score (nSPS) is 13.0. The molecule has 0 aromatic heterocycles. The lowest BCUT2D eigenvalue weighted by molar-refractivity contribution is -0.123. The molecule has 1 amide bonds. The predicted octanol–water partition coefficient (Wildman–Crippen LogP) is 23.9. The Morgan fingerprint density at radius 2 is 0.545 bits per heavy atom. The summed E-state index contributed by atoms with van der Waals surface area (Å²) in [6, 6.07) is -0.647. The first-order valence-corrected chi connectivity index (χ1v) is 35.0. The molecule has 3 N–H and O–H groups in total. The number of allylic oxidation sites excluding steroid dienone is 9. The third-order valence-corrected chi connectivity index (χ3v) is 16.2. The molecule has 2 unspecified atom stereocenters. The van der Waals surface area contributed by atoms with Gasteiger partial charge in [0.2, 0.25) is 5.91 Å². The Morgan fingerprint density at radius 1 is 0.312 bits per heavy atom. The number of carbonyl (C=O) groups is 1. The fourth-order valence-corrected chi connectivity index (χ4v) is 10.9. The summed E-state index contributed by atoms with van der Waals surface area (Å²) in [4.78, 5) is 12.5. The van der Waals surface area contributed by atoms with E-state index in [0.29, 0.717) is 6.42 Å². The summed E-state index contributed by atoms with van der Waals surface area (Å²) in [5.74, 6) is -0.0712. The first-order valence-electron chi connectivity index (χ1n) is 35.0. The van der Waals surface area contributed by atoms with Gasteiger partial charge in [-0.05, 0) is 77.0 Å². The van der Waals surface area contributed by atoms with Crippen LogP contribution in [0.5, 0.6) is 0 Å². The molecule has 0 heterocycles. The Balaban J connectivity index is 3.45. The summed E-state index contributed by atoms with van der Waals surface area (Å²) >= 11 is 0. The Bertz CT molecular complexity index is 1270. The topological polar surface area (TPSA) is 69.6 Å². The molecule has 0 fully saturated rings. The zero-order valence-electron chi connectivity index (χ0n) is 52.2. The van der Waals surface area contributed by atoms with Gasteiger partial charge in [-0.25, -0.2) is 0 Å². The second kappa shape index (κ2) is 68.4. The van der Waals surface area contributed by atoms with Crippen molar-refractivity contribution in [3.05, 3.63) is 60.8 Å². The summed E-state index contributed by atoms with van der Waals surface area (Å²) in [6.07, 6.45) is 97.5. The highest BCUT2D eigenvalue weighted by atomic mass is 16.3. The standard InChI is InChI=1S/C73H137NO3/c1-3-5-7-9-11-13-15-17-19-21-23-25-27-29-31-32-33-34-35-36-37-38-39-40-41-42-43-45-47-49-51-53-55-57-59-61-63-65-67-69-73(77)74-71(70-75)72(76)68-66-64-62-60-58-56-54-52-50-48-46-44-30-28-26-24-22-20-18-16-14-12-10-8-6-4-2/h15,17,21,23,50,52,58,60,66,68,71-72,75-76H,3-14,16,18-20,22,24-49,51,53-57,59,61-65,67,69-70H2,1-2H3,(H,74,77)/b17-15-,23-21-,52-50+,60-58+,68-66+. The number of unbranched alkanes of at least 4 members (excludes halogenated alkanes) is 50. The van der Waals surface area contributed by atoms with E-state index in [1.807, 2.05) is 6.08 Å². The van der Waals surface area contributed by atoms with Crippen molar-refractivity contribution in [2.75, 3.05) is 6.61 Å². The Kier molecular flexibility index (Phi) is 66.7. The van der Waals surface area contributed by atoms with Crippen LogP contribution in [0.1, 0.15) is 380 Å². The van der Waals surface area contributed by atoms with Crippen molar-refractivity contribution in [2.24, 2.45) is 0 Å². The highest BCUT2D eigenvalue weighted by Gasteiger charge is 2.18. The second-order valence-corrected chi connectivity index (χ2v) is 23.9. The smallest absolute Gasteiger partial charge is 0.220 e. The molecule has 0 aliphatic heterocycles. The van der Waals surface area contributed by atoms with Crippen molar-refractivity contribution in [3.63, 3.8) is 0 Å². The van der Waals surface area contributed by atoms with Crippen LogP contribution in [0.4, 0.5) is 0 Å². The van der Waals surface area contributed by atoms with Crippen LogP contribution in [0, 0.1) is 0 Å². The van der Waals surface area contributed by atoms with Gasteiger partial charge < -0.3 is 15.5 Å². The number of carbonyl (C=O) groups excluding carboxylic acids is 1. The van der Waals surface area contributed by atoms with Crippen molar-refractivity contribution < 1.29 is 15.0 Å². The van der Waals surface area contributed by atoms with Crippen LogP contribution in [0.25, 0.3) is 0 Å². The lowest BCUT2D eigenvalue weighted by Crippen LogP contribution is -2.45. The molecule has 4 heteroatoms. The number of aliphatic hydroxyl groups excluding tert-OH is 2. The lowest BCUT2D eigenvalue weighted by atomic mass is 10.0. The van der Waals surface area contributed by atoms with Crippen LogP contribution < -0.4 is 5.32 Å². The molecule has 0 saturated carbocycles. The molecule has 0 aliphatic rings. The number of nitrogens with one attached hydrogen (secondary N) is 1. The van der Waals surface area contributed by atoms with Gasteiger partial charge in [-0.15, -0.1) is 0 Å². The Labute approximate surface area is 483 Å². The van der Waals surface area contributed by atoms with E-state index in [0.717, 1.165) is 44.9 Å². The Hall–Kier alpha value is -1.91. The molecular weight excluding hydrogens is 939 g/mol. The number of aliphatic hydroxyl groups is 2. The van der Waals surface area contributed by atoms with Gasteiger partial charge in [0.05, 0.1) is 18.8 Å². The number of rotatable bonds is 65. The maximum atomic E-state index is 12.5. The fourth-order valence-electron chi connectivity index (χ4n) is 10.9. The monoisotopic (exact) mass is 1080 g/mol. The average molecular weight is 1080 g/mol. The summed E-state index contributed by atoms with van der Waals surface area (Å²) in [7, 11) is 0.